The van der Waals surface area contributed by atoms with Crippen molar-refractivity contribution in [2.45, 2.75) is 6.54 Å². The van der Waals surface area contributed by atoms with Gasteiger partial charge in [-0.3, -0.25) is 9.59 Å². The second-order valence-corrected chi connectivity index (χ2v) is 6.15. The van der Waals surface area contributed by atoms with Crippen LogP contribution >= 0.6 is 11.6 Å². The van der Waals surface area contributed by atoms with E-state index in [1.54, 1.807) is 0 Å². The fraction of sp³-hybridized carbons (Fsp3) is 0.0588. The summed E-state index contributed by atoms with van der Waals surface area (Å²) in [5, 5.41) is 10.1. The molecule has 4 rings (SSSR count). The van der Waals surface area contributed by atoms with E-state index in [1.807, 2.05) is 0 Å². The Balaban J connectivity index is 1.69. The van der Waals surface area contributed by atoms with Crippen molar-refractivity contribution in [3.05, 3.63) is 74.7 Å². The van der Waals surface area contributed by atoms with E-state index < -0.39 is 23.1 Å². The summed E-state index contributed by atoms with van der Waals surface area (Å²) < 4.78 is 27.7. The third-order valence-corrected chi connectivity index (χ3v) is 4.26. The Bertz CT molecular complexity index is 1270. The summed E-state index contributed by atoms with van der Waals surface area (Å²) in [6.07, 6.45) is 0. The Labute approximate surface area is 154 Å². The van der Waals surface area contributed by atoms with Crippen LogP contribution in [0.25, 0.3) is 16.6 Å². The molecule has 2 aromatic heterocycles. The standard InChI is InChI=1S/C17H10ClF2N5O2/c18-10-5-8(1-3-11(10)20)7-21-16(26)14-15-17(27)22-12-6-9(19)2-4-13(12)25(15)24-23-14/h1-6H,7H2,(H,21,26)(H,22,27). The minimum absolute atomic E-state index is 0.0501. The zero-order valence-corrected chi connectivity index (χ0v) is 14.2. The van der Waals surface area contributed by atoms with Crippen LogP contribution in [0.3, 0.4) is 0 Å². The second-order valence-electron chi connectivity index (χ2n) is 5.75. The fourth-order valence-corrected chi connectivity index (χ4v) is 2.90. The molecule has 136 valence electrons. The van der Waals surface area contributed by atoms with Crippen LogP contribution in [0.1, 0.15) is 16.1 Å². The lowest BCUT2D eigenvalue weighted by Gasteiger charge is -2.05. The number of carbonyl (C=O) groups is 1. The summed E-state index contributed by atoms with van der Waals surface area (Å²) in [5.41, 5.74) is 0.307. The summed E-state index contributed by atoms with van der Waals surface area (Å²) in [4.78, 5) is 27.3. The molecule has 0 aliphatic carbocycles. The van der Waals surface area contributed by atoms with Crippen LogP contribution in [-0.4, -0.2) is 25.7 Å². The first-order valence-corrected chi connectivity index (χ1v) is 8.11. The molecule has 0 saturated carbocycles. The van der Waals surface area contributed by atoms with Gasteiger partial charge in [0.2, 0.25) is 0 Å². The molecule has 0 atom stereocenters. The lowest BCUT2D eigenvalue weighted by Crippen LogP contribution is -2.25. The van der Waals surface area contributed by atoms with Gasteiger partial charge in [0, 0.05) is 6.54 Å². The van der Waals surface area contributed by atoms with Crippen LogP contribution in [0, 0.1) is 11.6 Å². The number of halogens is 3. The van der Waals surface area contributed by atoms with Crippen molar-refractivity contribution in [2.24, 2.45) is 0 Å². The van der Waals surface area contributed by atoms with Crippen LogP contribution in [0.4, 0.5) is 8.78 Å². The lowest BCUT2D eigenvalue weighted by atomic mass is 10.2. The van der Waals surface area contributed by atoms with Crippen molar-refractivity contribution < 1.29 is 13.6 Å². The van der Waals surface area contributed by atoms with Crippen LogP contribution in [-0.2, 0) is 6.54 Å². The topological polar surface area (TPSA) is 92.2 Å². The molecule has 0 bridgehead atoms. The highest BCUT2D eigenvalue weighted by atomic mass is 35.5. The van der Waals surface area contributed by atoms with Gasteiger partial charge in [0.25, 0.3) is 11.5 Å². The predicted molar refractivity (Wildman–Crippen MR) is 93.7 cm³/mol. The van der Waals surface area contributed by atoms with Gasteiger partial charge < -0.3 is 10.3 Å². The van der Waals surface area contributed by atoms with Gasteiger partial charge >= 0.3 is 0 Å². The maximum Gasteiger partial charge on any atom is 0.277 e. The van der Waals surface area contributed by atoms with E-state index in [4.69, 9.17) is 11.6 Å². The highest BCUT2D eigenvalue weighted by Crippen LogP contribution is 2.17. The maximum absolute atomic E-state index is 13.4. The molecule has 0 spiro atoms. The molecule has 0 aliphatic rings. The van der Waals surface area contributed by atoms with Gasteiger partial charge in [0.05, 0.1) is 16.1 Å². The van der Waals surface area contributed by atoms with Crippen molar-refractivity contribution >= 4 is 34.1 Å². The van der Waals surface area contributed by atoms with Gasteiger partial charge in [0.1, 0.15) is 11.6 Å². The molecule has 2 N–H and O–H groups in total. The minimum atomic E-state index is -0.641. The molecule has 2 heterocycles. The first-order chi connectivity index (χ1) is 12.9. The second kappa shape index (κ2) is 6.44. The molecule has 0 unspecified atom stereocenters. The molecule has 10 heteroatoms. The summed E-state index contributed by atoms with van der Waals surface area (Å²) >= 11 is 5.71. The molecule has 27 heavy (non-hydrogen) atoms. The number of aromatic nitrogens is 4. The Morgan fingerprint density at radius 1 is 1.22 bits per heavy atom. The zero-order valence-electron chi connectivity index (χ0n) is 13.5. The number of hydrogen-bond donors (Lipinski definition) is 2. The van der Waals surface area contributed by atoms with Gasteiger partial charge in [-0.25, -0.2) is 13.3 Å². The number of hydrogen-bond acceptors (Lipinski definition) is 4. The van der Waals surface area contributed by atoms with Gasteiger partial charge in [0.15, 0.2) is 11.2 Å². The molecule has 0 radical (unpaired) electrons. The number of amides is 1. The van der Waals surface area contributed by atoms with Crippen LogP contribution in [0.5, 0.6) is 0 Å². The Morgan fingerprint density at radius 3 is 2.81 bits per heavy atom. The summed E-state index contributed by atoms with van der Waals surface area (Å²) in [5.74, 6) is -1.73. The van der Waals surface area contributed by atoms with Crippen molar-refractivity contribution in [1.29, 1.82) is 0 Å². The Hall–Kier alpha value is -3.33. The third kappa shape index (κ3) is 3.02. The molecule has 0 aliphatic heterocycles. The average Bonchev–Trinajstić information content (AvgIpc) is 3.08. The number of carbonyl (C=O) groups excluding carboxylic acids is 1. The number of benzene rings is 2. The van der Waals surface area contributed by atoms with E-state index in [9.17, 15) is 18.4 Å². The fourth-order valence-electron chi connectivity index (χ4n) is 2.70. The first-order valence-electron chi connectivity index (χ1n) is 7.73. The molecule has 0 fully saturated rings. The van der Waals surface area contributed by atoms with Crippen molar-refractivity contribution in [3.8, 4) is 0 Å². The number of H-pyrrole nitrogens is 1. The normalized spacial score (nSPS) is 11.2. The molecule has 7 nitrogen and oxygen atoms in total. The number of rotatable bonds is 3. The van der Waals surface area contributed by atoms with Crippen LogP contribution in [0.15, 0.2) is 41.2 Å². The molecular formula is C17H10ClF2N5O2. The third-order valence-electron chi connectivity index (χ3n) is 3.97. The SMILES string of the molecule is O=C(NCc1ccc(F)c(Cl)c1)c1nnn2c1c(=O)[nH]c1cc(F)ccc12. The number of aromatic amines is 1. The zero-order chi connectivity index (χ0) is 19.1. The molecular weight excluding hydrogens is 380 g/mol. The number of nitrogens with one attached hydrogen (secondary N) is 2. The van der Waals surface area contributed by atoms with Gasteiger partial charge in [-0.15, -0.1) is 5.10 Å². The van der Waals surface area contributed by atoms with E-state index in [0.717, 1.165) is 6.07 Å². The summed E-state index contributed by atoms with van der Waals surface area (Å²) in [6.45, 7) is 0.0501. The van der Waals surface area contributed by atoms with E-state index in [-0.39, 0.29) is 28.3 Å². The molecule has 0 saturated heterocycles. The summed E-state index contributed by atoms with van der Waals surface area (Å²) in [6, 6.07) is 7.82. The quantitative estimate of drug-likeness (QED) is 0.563. The van der Waals surface area contributed by atoms with E-state index in [0.29, 0.717) is 11.1 Å². The largest absolute Gasteiger partial charge is 0.346 e. The van der Waals surface area contributed by atoms with Gasteiger partial charge in [-0.05, 0) is 35.9 Å². The minimum Gasteiger partial charge on any atom is -0.346 e. The maximum atomic E-state index is 13.4. The average molecular weight is 390 g/mol. The van der Waals surface area contributed by atoms with E-state index in [1.165, 1.54) is 34.8 Å². The number of nitrogens with zero attached hydrogens (tertiary/aromatic N) is 3. The number of fused-ring (bicyclic) bond motifs is 3. The summed E-state index contributed by atoms with van der Waals surface area (Å²) in [7, 11) is 0. The molecule has 2 aromatic carbocycles. The van der Waals surface area contributed by atoms with Crippen LogP contribution < -0.4 is 10.9 Å². The van der Waals surface area contributed by atoms with Gasteiger partial charge in [-0.1, -0.05) is 22.9 Å². The highest BCUT2D eigenvalue weighted by Gasteiger charge is 2.19. The van der Waals surface area contributed by atoms with Crippen molar-refractivity contribution in [1.82, 2.24) is 25.1 Å². The Morgan fingerprint density at radius 2 is 2.04 bits per heavy atom. The van der Waals surface area contributed by atoms with Gasteiger partial charge in [-0.2, -0.15) is 0 Å². The smallest absolute Gasteiger partial charge is 0.277 e. The Kier molecular flexibility index (Phi) is 4.08. The highest BCUT2D eigenvalue weighted by molar-refractivity contribution is 6.30. The van der Waals surface area contributed by atoms with E-state index >= 15 is 0 Å². The van der Waals surface area contributed by atoms with Crippen molar-refractivity contribution in [2.75, 3.05) is 0 Å². The molecule has 1 amide bonds. The predicted octanol–water partition coefficient (Wildman–Crippen LogP) is 2.43. The van der Waals surface area contributed by atoms with Crippen LogP contribution in [0.2, 0.25) is 5.02 Å². The lowest BCUT2D eigenvalue weighted by molar-refractivity contribution is 0.0947. The first kappa shape index (κ1) is 17.1. The van der Waals surface area contributed by atoms with E-state index in [2.05, 4.69) is 20.6 Å². The van der Waals surface area contributed by atoms with Crippen molar-refractivity contribution in [3.63, 3.8) is 0 Å². The monoisotopic (exact) mass is 389 g/mol. The molecule has 4 aromatic rings.